The molecule has 0 radical (unpaired) electrons. The Morgan fingerprint density at radius 2 is 1.71 bits per heavy atom. The van der Waals surface area contributed by atoms with E-state index in [9.17, 15) is 4.79 Å². The molecule has 24 heavy (non-hydrogen) atoms. The second-order valence-electron chi connectivity index (χ2n) is 4.63. The van der Waals surface area contributed by atoms with Crippen LogP contribution in [0.5, 0.6) is 5.75 Å². The predicted octanol–water partition coefficient (Wildman–Crippen LogP) is 4.21. The third kappa shape index (κ3) is 6.15. The van der Waals surface area contributed by atoms with Gasteiger partial charge in [-0.1, -0.05) is 42.3 Å². The number of hydrogen-bond donors (Lipinski definition) is 0. The Balaban J connectivity index is 0.000000351. The smallest absolute Gasteiger partial charge is 0.159 e. The molecule has 0 N–H and O–H groups in total. The Hall–Kier alpha value is -3.41. The molecular formula is C22H18O2. The first-order chi connectivity index (χ1) is 11.6. The van der Waals surface area contributed by atoms with Gasteiger partial charge in [0.1, 0.15) is 5.75 Å². The SMILES string of the molecule is C#CC#CC#CC.COc1cccc(-c2ccc(C(C)=O)cc2)c1. The zero-order valence-electron chi connectivity index (χ0n) is 14.0. The average molecular weight is 314 g/mol. The van der Waals surface area contributed by atoms with Crippen molar-refractivity contribution in [2.24, 2.45) is 0 Å². The van der Waals surface area contributed by atoms with Crippen molar-refractivity contribution < 1.29 is 9.53 Å². The topological polar surface area (TPSA) is 26.3 Å². The van der Waals surface area contributed by atoms with E-state index in [1.165, 1.54) is 0 Å². The van der Waals surface area contributed by atoms with Gasteiger partial charge in [-0.15, -0.1) is 6.42 Å². The molecule has 2 heteroatoms. The van der Waals surface area contributed by atoms with Crippen molar-refractivity contribution in [3.05, 3.63) is 54.1 Å². The fourth-order valence-electron chi connectivity index (χ4n) is 1.83. The van der Waals surface area contributed by atoms with Gasteiger partial charge in [-0.2, -0.15) is 0 Å². The molecule has 118 valence electrons. The molecule has 2 rings (SSSR count). The van der Waals surface area contributed by atoms with Gasteiger partial charge in [0, 0.05) is 5.56 Å². The maximum atomic E-state index is 11.2. The van der Waals surface area contributed by atoms with Gasteiger partial charge in [0.25, 0.3) is 0 Å². The first-order valence-electron chi connectivity index (χ1n) is 7.25. The minimum atomic E-state index is 0.0854. The summed E-state index contributed by atoms with van der Waals surface area (Å²) >= 11 is 0. The maximum Gasteiger partial charge on any atom is 0.159 e. The van der Waals surface area contributed by atoms with E-state index in [4.69, 9.17) is 11.2 Å². The molecule has 0 spiro atoms. The van der Waals surface area contributed by atoms with E-state index < -0.39 is 0 Å². The predicted molar refractivity (Wildman–Crippen MR) is 98.5 cm³/mol. The molecule has 0 aromatic heterocycles. The van der Waals surface area contributed by atoms with E-state index in [0.29, 0.717) is 0 Å². The number of Topliss-reactive ketones (excluding diaryl/α,β-unsaturated/α-hetero) is 1. The summed E-state index contributed by atoms with van der Waals surface area (Å²) in [6.07, 6.45) is 4.78. The van der Waals surface area contributed by atoms with Crippen LogP contribution in [0.15, 0.2) is 48.5 Å². The van der Waals surface area contributed by atoms with E-state index >= 15 is 0 Å². The number of ether oxygens (including phenoxy) is 1. The molecule has 0 bridgehead atoms. The Kier molecular flexibility index (Phi) is 8.03. The van der Waals surface area contributed by atoms with E-state index in [1.807, 2.05) is 48.5 Å². The highest BCUT2D eigenvalue weighted by Gasteiger charge is 2.02. The number of rotatable bonds is 3. The van der Waals surface area contributed by atoms with Gasteiger partial charge in [-0.3, -0.25) is 4.79 Å². The summed E-state index contributed by atoms with van der Waals surface area (Å²) in [5.74, 6) is 12.9. The molecule has 0 atom stereocenters. The summed E-state index contributed by atoms with van der Waals surface area (Å²) in [5, 5.41) is 0. The van der Waals surface area contributed by atoms with Gasteiger partial charge < -0.3 is 4.74 Å². The minimum absolute atomic E-state index is 0.0854. The Morgan fingerprint density at radius 1 is 1.00 bits per heavy atom. The van der Waals surface area contributed by atoms with Gasteiger partial charge in [-0.25, -0.2) is 0 Å². The monoisotopic (exact) mass is 314 g/mol. The first kappa shape index (κ1) is 18.6. The average Bonchev–Trinajstić information content (AvgIpc) is 2.63. The van der Waals surface area contributed by atoms with Crippen molar-refractivity contribution in [2.75, 3.05) is 7.11 Å². The van der Waals surface area contributed by atoms with Crippen LogP contribution in [0.1, 0.15) is 24.2 Å². The van der Waals surface area contributed by atoms with Crippen LogP contribution in [0.25, 0.3) is 11.1 Å². The van der Waals surface area contributed by atoms with Crippen molar-refractivity contribution in [1.82, 2.24) is 0 Å². The molecule has 0 fully saturated rings. The highest BCUT2D eigenvalue weighted by molar-refractivity contribution is 5.94. The molecule has 2 aromatic rings. The van der Waals surface area contributed by atoms with E-state index in [2.05, 4.69) is 29.6 Å². The van der Waals surface area contributed by atoms with Crippen LogP contribution in [0.3, 0.4) is 0 Å². The van der Waals surface area contributed by atoms with Crippen LogP contribution < -0.4 is 4.74 Å². The first-order valence-corrected chi connectivity index (χ1v) is 7.25. The van der Waals surface area contributed by atoms with Crippen molar-refractivity contribution in [3.8, 4) is 52.9 Å². The van der Waals surface area contributed by atoms with Gasteiger partial charge >= 0.3 is 0 Å². The standard InChI is InChI=1S/C15H14O2.C7H4/c1-11(16)12-6-8-13(9-7-12)14-4-3-5-15(10-14)17-2;1-3-5-7-6-4-2/h3-10H,1-2H3;1H,2H3. The van der Waals surface area contributed by atoms with Crippen LogP contribution in [0.4, 0.5) is 0 Å². The van der Waals surface area contributed by atoms with Crippen molar-refractivity contribution in [3.63, 3.8) is 0 Å². The number of ketones is 1. The second-order valence-corrected chi connectivity index (χ2v) is 4.63. The van der Waals surface area contributed by atoms with E-state index in [1.54, 1.807) is 21.0 Å². The number of carbonyl (C=O) groups excluding carboxylic acids is 1. The Morgan fingerprint density at radius 3 is 2.25 bits per heavy atom. The lowest BCUT2D eigenvalue weighted by Crippen LogP contribution is -1.91. The third-order valence-electron chi connectivity index (χ3n) is 3.02. The number of terminal acetylenes is 1. The van der Waals surface area contributed by atoms with Gasteiger partial charge in [0.05, 0.1) is 7.11 Å². The van der Waals surface area contributed by atoms with Crippen molar-refractivity contribution in [1.29, 1.82) is 0 Å². The van der Waals surface area contributed by atoms with Crippen molar-refractivity contribution in [2.45, 2.75) is 13.8 Å². The summed E-state index contributed by atoms with van der Waals surface area (Å²) in [4.78, 5) is 11.2. The molecule has 2 aromatic carbocycles. The quantitative estimate of drug-likeness (QED) is 0.626. The molecule has 2 nitrogen and oxygen atoms in total. The summed E-state index contributed by atoms with van der Waals surface area (Å²) in [7, 11) is 1.65. The molecular weight excluding hydrogens is 296 g/mol. The molecule has 0 heterocycles. The van der Waals surface area contributed by atoms with Crippen LogP contribution in [0.2, 0.25) is 0 Å². The van der Waals surface area contributed by atoms with Crippen LogP contribution in [-0.2, 0) is 0 Å². The number of hydrogen-bond acceptors (Lipinski definition) is 2. The fourth-order valence-corrected chi connectivity index (χ4v) is 1.83. The highest BCUT2D eigenvalue weighted by Crippen LogP contribution is 2.24. The third-order valence-corrected chi connectivity index (χ3v) is 3.02. The van der Waals surface area contributed by atoms with E-state index in [0.717, 1.165) is 22.4 Å². The Labute approximate surface area is 143 Å². The van der Waals surface area contributed by atoms with Gasteiger partial charge in [0.2, 0.25) is 0 Å². The lowest BCUT2D eigenvalue weighted by Gasteiger charge is -2.05. The summed E-state index contributed by atoms with van der Waals surface area (Å²) < 4.78 is 5.18. The van der Waals surface area contributed by atoms with E-state index in [-0.39, 0.29) is 5.78 Å². The molecule has 0 saturated heterocycles. The number of carbonyl (C=O) groups is 1. The van der Waals surface area contributed by atoms with Crippen LogP contribution in [0, 0.1) is 36.0 Å². The normalized spacial score (nSPS) is 8.08. The molecule has 0 saturated carbocycles. The fraction of sp³-hybridized carbons (Fsp3) is 0.136. The summed E-state index contributed by atoms with van der Waals surface area (Å²) in [6, 6.07) is 15.4. The Bertz CT molecular complexity index is 845. The molecule has 0 aliphatic rings. The molecule has 0 unspecified atom stereocenters. The summed E-state index contributed by atoms with van der Waals surface area (Å²) in [5.41, 5.74) is 2.89. The minimum Gasteiger partial charge on any atom is -0.497 e. The zero-order chi connectivity index (χ0) is 17.8. The number of methoxy groups -OCH3 is 1. The van der Waals surface area contributed by atoms with Crippen LogP contribution >= 0.6 is 0 Å². The maximum absolute atomic E-state index is 11.2. The second kappa shape index (κ2) is 10.3. The highest BCUT2D eigenvalue weighted by atomic mass is 16.5. The van der Waals surface area contributed by atoms with Crippen molar-refractivity contribution >= 4 is 5.78 Å². The van der Waals surface area contributed by atoms with Gasteiger partial charge in [0.15, 0.2) is 5.78 Å². The van der Waals surface area contributed by atoms with Crippen LogP contribution in [-0.4, -0.2) is 12.9 Å². The van der Waals surface area contributed by atoms with Gasteiger partial charge in [-0.05, 0) is 60.8 Å². The lowest BCUT2D eigenvalue weighted by atomic mass is 10.0. The largest absolute Gasteiger partial charge is 0.497 e. The molecule has 0 aliphatic heterocycles. The molecule has 0 aliphatic carbocycles. The summed E-state index contributed by atoms with van der Waals surface area (Å²) in [6.45, 7) is 3.28. The molecule has 0 amide bonds. The number of benzene rings is 2. The lowest BCUT2D eigenvalue weighted by molar-refractivity contribution is 0.101. The zero-order valence-corrected chi connectivity index (χ0v) is 14.0.